The van der Waals surface area contributed by atoms with Gasteiger partial charge in [-0.25, -0.2) is 0 Å². The number of nitro benzene ring substituents is 1. The molecular weight excluding hydrogens is 244 g/mol. The smallest absolute Gasteiger partial charge is 0.275 e. The van der Waals surface area contributed by atoms with Crippen LogP contribution in [0.5, 0.6) is 0 Å². The second kappa shape index (κ2) is 7.09. The first-order valence-electron chi connectivity index (χ1n) is 6.66. The monoisotopic (exact) mass is 266 g/mol. The number of aliphatic hydroxyl groups is 1. The highest BCUT2D eigenvalue weighted by Crippen LogP contribution is 2.25. The Morgan fingerprint density at radius 1 is 1.42 bits per heavy atom. The molecule has 0 fully saturated rings. The van der Waals surface area contributed by atoms with Gasteiger partial charge in [0.15, 0.2) is 0 Å². The third-order valence-electron chi connectivity index (χ3n) is 3.41. The molecule has 1 N–H and O–H groups in total. The van der Waals surface area contributed by atoms with Gasteiger partial charge in [-0.2, -0.15) is 0 Å². The molecule has 0 aliphatic rings. The fourth-order valence-electron chi connectivity index (χ4n) is 2.00. The fourth-order valence-corrected chi connectivity index (χ4v) is 2.00. The van der Waals surface area contributed by atoms with Gasteiger partial charge in [0.25, 0.3) is 5.69 Å². The highest BCUT2D eigenvalue weighted by atomic mass is 16.6. The summed E-state index contributed by atoms with van der Waals surface area (Å²) in [5.74, 6) is 0.563. The summed E-state index contributed by atoms with van der Waals surface area (Å²) < 4.78 is 0. The van der Waals surface area contributed by atoms with Gasteiger partial charge in [-0.15, -0.1) is 0 Å². The maximum Gasteiger partial charge on any atom is 0.275 e. The number of hydrogen-bond donors (Lipinski definition) is 1. The Bertz CT molecular complexity index is 435. The van der Waals surface area contributed by atoms with E-state index in [-0.39, 0.29) is 12.3 Å². The van der Waals surface area contributed by atoms with E-state index >= 15 is 0 Å². The minimum absolute atomic E-state index is 0.0224. The van der Waals surface area contributed by atoms with Gasteiger partial charge in [0.1, 0.15) is 0 Å². The molecule has 1 aromatic carbocycles. The Kier molecular flexibility index (Phi) is 5.76. The third kappa shape index (κ3) is 3.92. The second-order valence-electron chi connectivity index (χ2n) is 4.78. The molecule has 1 unspecified atom stereocenters. The summed E-state index contributed by atoms with van der Waals surface area (Å²) in [6, 6.07) is 4.94. The van der Waals surface area contributed by atoms with Crippen molar-refractivity contribution < 1.29 is 10.0 Å². The molecule has 0 bridgehead atoms. The number of anilines is 1. The lowest BCUT2D eigenvalue weighted by Crippen LogP contribution is -2.28. The summed E-state index contributed by atoms with van der Waals surface area (Å²) in [4.78, 5) is 12.6. The van der Waals surface area contributed by atoms with Gasteiger partial charge >= 0.3 is 0 Å². The van der Waals surface area contributed by atoms with Crippen LogP contribution in [0.3, 0.4) is 0 Å². The van der Waals surface area contributed by atoms with Gasteiger partial charge in [0.2, 0.25) is 0 Å². The maximum atomic E-state index is 10.8. The van der Waals surface area contributed by atoms with Crippen LogP contribution in [-0.4, -0.2) is 23.1 Å². The van der Waals surface area contributed by atoms with E-state index in [0.29, 0.717) is 11.5 Å². The summed E-state index contributed by atoms with van der Waals surface area (Å²) >= 11 is 0. The minimum Gasteiger partial charge on any atom is -0.391 e. The van der Waals surface area contributed by atoms with Crippen molar-refractivity contribution in [3.8, 4) is 0 Å². The Hall–Kier alpha value is -1.62. The Morgan fingerprint density at radius 3 is 2.58 bits per heavy atom. The largest absolute Gasteiger partial charge is 0.391 e. The topological polar surface area (TPSA) is 66.6 Å². The van der Waals surface area contributed by atoms with Gasteiger partial charge in [-0.1, -0.05) is 20.3 Å². The van der Waals surface area contributed by atoms with Crippen LogP contribution in [-0.2, 0) is 6.61 Å². The second-order valence-corrected chi connectivity index (χ2v) is 4.78. The zero-order valence-corrected chi connectivity index (χ0v) is 11.8. The van der Waals surface area contributed by atoms with Crippen LogP contribution in [0.1, 0.15) is 32.8 Å². The average molecular weight is 266 g/mol. The van der Waals surface area contributed by atoms with Gasteiger partial charge in [-0.3, -0.25) is 10.1 Å². The molecule has 5 heteroatoms. The molecule has 1 rings (SSSR count). The summed E-state index contributed by atoms with van der Waals surface area (Å²) in [7, 11) is 0. The molecule has 0 aliphatic carbocycles. The molecule has 1 aromatic rings. The number of hydrogen-bond acceptors (Lipinski definition) is 4. The average Bonchev–Trinajstić information content (AvgIpc) is 2.43. The number of nitro groups is 1. The molecule has 0 spiro atoms. The van der Waals surface area contributed by atoms with Crippen LogP contribution in [0.2, 0.25) is 0 Å². The van der Waals surface area contributed by atoms with E-state index in [1.807, 2.05) is 0 Å². The molecular formula is C14H22N2O3. The SMILES string of the molecule is CCC(C)CN(CC)c1ccc([N+](=O)[O-])c(CO)c1. The van der Waals surface area contributed by atoms with Crippen LogP contribution in [0.4, 0.5) is 11.4 Å². The van der Waals surface area contributed by atoms with Crippen molar-refractivity contribution in [3.05, 3.63) is 33.9 Å². The van der Waals surface area contributed by atoms with Crippen molar-refractivity contribution >= 4 is 11.4 Å². The van der Waals surface area contributed by atoms with Crippen molar-refractivity contribution in [1.82, 2.24) is 0 Å². The van der Waals surface area contributed by atoms with E-state index in [1.54, 1.807) is 12.1 Å². The third-order valence-corrected chi connectivity index (χ3v) is 3.41. The Morgan fingerprint density at radius 2 is 2.11 bits per heavy atom. The Labute approximate surface area is 114 Å². The molecule has 5 nitrogen and oxygen atoms in total. The summed E-state index contributed by atoms with van der Waals surface area (Å²) in [5.41, 5.74) is 1.27. The van der Waals surface area contributed by atoms with E-state index in [2.05, 4.69) is 25.7 Å². The van der Waals surface area contributed by atoms with Gasteiger partial charge in [0, 0.05) is 24.8 Å². The molecule has 0 saturated carbocycles. The van der Waals surface area contributed by atoms with Crippen LogP contribution >= 0.6 is 0 Å². The fraction of sp³-hybridized carbons (Fsp3) is 0.571. The van der Waals surface area contributed by atoms with E-state index in [0.717, 1.165) is 25.2 Å². The lowest BCUT2D eigenvalue weighted by atomic mass is 10.1. The molecule has 1 atom stereocenters. The van der Waals surface area contributed by atoms with Crippen molar-refractivity contribution in [2.24, 2.45) is 5.92 Å². The van der Waals surface area contributed by atoms with Crippen LogP contribution in [0, 0.1) is 16.0 Å². The Balaban J connectivity index is 3.02. The van der Waals surface area contributed by atoms with Crippen LogP contribution < -0.4 is 4.90 Å². The summed E-state index contributed by atoms with van der Waals surface area (Å²) in [5, 5.41) is 20.1. The van der Waals surface area contributed by atoms with Crippen molar-refractivity contribution in [3.63, 3.8) is 0 Å². The summed E-state index contributed by atoms with van der Waals surface area (Å²) in [6.45, 7) is 7.82. The lowest BCUT2D eigenvalue weighted by Gasteiger charge is -2.26. The predicted octanol–water partition coefficient (Wildman–Crippen LogP) is 2.96. The van der Waals surface area contributed by atoms with Gasteiger partial charge in [-0.05, 0) is 25.0 Å². The van der Waals surface area contributed by atoms with E-state index in [1.165, 1.54) is 6.07 Å². The van der Waals surface area contributed by atoms with E-state index in [4.69, 9.17) is 0 Å². The van der Waals surface area contributed by atoms with Crippen molar-refractivity contribution in [1.29, 1.82) is 0 Å². The van der Waals surface area contributed by atoms with Gasteiger partial charge in [0.05, 0.1) is 17.1 Å². The number of benzene rings is 1. The van der Waals surface area contributed by atoms with Crippen molar-refractivity contribution in [2.75, 3.05) is 18.0 Å². The van der Waals surface area contributed by atoms with E-state index in [9.17, 15) is 15.2 Å². The molecule has 0 radical (unpaired) electrons. The predicted molar refractivity (Wildman–Crippen MR) is 76.4 cm³/mol. The zero-order valence-electron chi connectivity index (χ0n) is 11.8. The first-order valence-corrected chi connectivity index (χ1v) is 6.66. The number of aliphatic hydroxyl groups excluding tert-OH is 1. The number of rotatable bonds is 7. The molecule has 106 valence electrons. The maximum absolute atomic E-state index is 10.8. The zero-order chi connectivity index (χ0) is 14.4. The van der Waals surface area contributed by atoms with Crippen molar-refractivity contribution in [2.45, 2.75) is 33.8 Å². The standard InChI is InChI=1S/C14H22N2O3/c1-4-11(3)9-15(5-2)13-6-7-14(16(18)19)12(8-13)10-17/h6-8,11,17H,4-5,9-10H2,1-3H3. The highest BCUT2D eigenvalue weighted by Gasteiger charge is 2.16. The summed E-state index contributed by atoms with van der Waals surface area (Å²) in [6.07, 6.45) is 1.09. The molecule has 0 aliphatic heterocycles. The lowest BCUT2D eigenvalue weighted by molar-refractivity contribution is -0.385. The van der Waals surface area contributed by atoms with Crippen LogP contribution in [0.15, 0.2) is 18.2 Å². The van der Waals surface area contributed by atoms with Gasteiger partial charge < -0.3 is 10.0 Å². The first-order chi connectivity index (χ1) is 9.03. The quantitative estimate of drug-likeness (QED) is 0.608. The molecule has 19 heavy (non-hydrogen) atoms. The molecule has 0 amide bonds. The highest BCUT2D eigenvalue weighted by molar-refractivity contribution is 5.55. The first kappa shape index (κ1) is 15.4. The number of nitrogens with zero attached hydrogens (tertiary/aromatic N) is 2. The minimum atomic E-state index is -0.458. The molecule has 0 aromatic heterocycles. The van der Waals surface area contributed by atoms with E-state index < -0.39 is 4.92 Å². The molecule has 0 saturated heterocycles. The molecule has 0 heterocycles. The normalized spacial score (nSPS) is 12.2. The van der Waals surface area contributed by atoms with Crippen LogP contribution in [0.25, 0.3) is 0 Å².